The second-order valence-corrected chi connectivity index (χ2v) is 5.04. The lowest BCUT2D eigenvalue weighted by Gasteiger charge is -2.25. The fourth-order valence-electron chi connectivity index (χ4n) is 1.41. The molecule has 0 aromatic heterocycles. The lowest BCUT2D eigenvalue weighted by atomic mass is 10.1. The van der Waals surface area contributed by atoms with Gasteiger partial charge in [-0.3, -0.25) is 4.79 Å². The number of thioether (sulfide) groups is 1. The Balaban J connectivity index is 2.46. The van der Waals surface area contributed by atoms with Crippen LogP contribution in [-0.2, 0) is 15.3 Å². The van der Waals surface area contributed by atoms with Crippen LogP contribution < -0.4 is 5.32 Å². The number of ether oxygens (including phenoxy) is 1. The highest BCUT2D eigenvalue weighted by molar-refractivity contribution is 7.98. The smallest absolute Gasteiger partial charge is 0.326 e. The fraction of sp³-hybridized carbons (Fsp3) is 0.462. The first kappa shape index (κ1) is 14.1. The van der Waals surface area contributed by atoms with Crippen molar-refractivity contribution in [3.05, 3.63) is 35.9 Å². The van der Waals surface area contributed by atoms with E-state index in [1.165, 1.54) is 12.7 Å². The quantitative estimate of drug-likeness (QED) is 0.788. The van der Waals surface area contributed by atoms with E-state index in [1.807, 2.05) is 25.1 Å². The van der Waals surface area contributed by atoms with Crippen molar-refractivity contribution in [1.29, 1.82) is 0 Å². The minimum Gasteiger partial charge on any atom is -0.468 e. The van der Waals surface area contributed by atoms with E-state index in [2.05, 4.69) is 17.4 Å². The third kappa shape index (κ3) is 4.06. The summed E-state index contributed by atoms with van der Waals surface area (Å²) in [6.45, 7) is 1.86. The molecular formula is C13H19NO2S. The van der Waals surface area contributed by atoms with Gasteiger partial charge in [-0.1, -0.05) is 30.3 Å². The first-order valence-electron chi connectivity index (χ1n) is 5.51. The van der Waals surface area contributed by atoms with Gasteiger partial charge in [0.05, 0.1) is 7.11 Å². The Hall–Kier alpha value is -1.00. The third-order valence-electron chi connectivity index (χ3n) is 2.69. The number of carbonyl (C=O) groups excluding carboxylic acids is 1. The molecule has 0 aliphatic carbocycles. The van der Waals surface area contributed by atoms with Gasteiger partial charge in [-0.05, 0) is 19.5 Å². The Morgan fingerprint density at radius 3 is 2.59 bits per heavy atom. The number of rotatable bonds is 6. The van der Waals surface area contributed by atoms with Gasteiger partial charge in [-0.25, -0.2) is 0 Å². The van der Waals surface area contributed by atoms with Gasteiger partial charge in [0.1, 0.15) is 5.54 Å². The van der Waals surface area contributed by atoms with E-state index in [9.17, 15) is 4.79 Å². The van der Waals surface area contributed by atoms with Gasteiger partial charge >= 0.3 is 5.97 Å². The SMILES string of the molecule is CNC(C)(CSCc1ccccc1)C(=O)OC. The maximum absolute atomic E-state index is 11.6. The molecule has 17 heavy (non-hydrogen) atoms. The second kappa shape index (κ2) is 6.67. The highest BCUT2D eigenvalue weighted by atomic mass is 32.2. The fourth-order valence-corrected chi connectivity index (χ4v) is 2.61. The third-order valence-corrected chi connectivity index (χ3v) is 4.01. The summed E-state index contributed by atoms with van der Waals surface area (Å²) in [6, 6.07) is 10.2. The number of esters is 1. The van der Waals surface area contributed by atoms with Gasteiger partial charge in [-0.15, -0.1) is 0 Å². The highest BCUT2D eigenvalue weighted by Crippen LogP contribution is 2.18. The van der Waals surface area contributed by atoms with E-state index in [0.717, 1.165) is 5.75 Å². The minimum atomic E-state index is -0.617. The van der Waals surface area contributed by atoms with Crippen LogP contribution in [0.3, 0.4) is 0 Å². The molecule has 4 heteroatoms. The maximum atomic E-state index is 11.6. The number of methoxy groups -OCH3 is 1. The number of nitrogens with one attached hydrogen (secondary N) is 1. The molecule has 0 bridgehead atoms. The molecule has 0 saturated carbocycles. The summed E-state index contributed by atoms with van der Waals surface area (Å²) in [4.78, 5) is 11.6. The molecule has 1 rings (SSSR count). The van der Waals surface area contributed by atoms with Crippen LogP contribution in [0.25, 0.3) is 0 Å². The van der Waals surface area contributed by atoms with Crippen molar-refractivity contribution in [1.82, 2.24) is 5.32 Å². The van der Waals surface area contributed by atoms with Crippen LogP contribution in [0.1, 0.15) is 12.5 Å². The second-order valence-electron chi connectivity index (χ2n) is 4.05. The minimum absolute atomic E-state index is 0.222. The summed E-state index contributed by atoms with van der Waals surface area (Å²) >= 11 is 1.72. The van der Waals surface area contributed by atoms with Crippen molar-refractivity contribution >= 4 is 17.7 Å². The van der Waals surface area contributed by atoms with Crippen LogP contribution in [0.4, 0.5) is 0 Å². The number of benzene rings is 1. The zero-order valence-electron chi connectivity index (χ0n) is 10.5. The molecule has 0 fully saturated rings. The summed E-state index contributed by atoms with van der Waals surface area (Å²) in [5, 5.41) is 3.02. The van der Waals surface area contributed by atoms with E-state index in [4.69, 9.17) is 4.74 Å². The number of hydrogen-bond donors (Lipinski definition) is 1. The topological polar surface area (TPSA) is 38.3 Å². The van der Waals surface area contributed by atoms with Crippen LogP contribution in [0.2, 0.25) is 0 Å². The van der Waals surface area contributed by atoms with E-state index in [-0.39, 0.29) is 5.97 Å². The lowest BCUT2D eigenvalue weighted by Crippen LogP contribution is -2.50. The standard InChI is InChI=1S/C13H19NO2S/c1-13(14-2,12(15)16-3)10-17-9-11-7-5-4-6-8-11/h4-8,14H,9-10H2,1-3H3. The van der Waals surface area contributed by atoms with Crippen molar-refractivity contribution in [3.8, 4) is 0 Å². The molecule has 3 nitrogen and oxygen atoms in total. The van der Waals surface area contributed by atoms with E-state index in [1.54, 1.807) is 18.8 Å². The Morgan fingerprint density at radius 2 is 2.06 bits per heavy atom. The molecule has 1 unspecified atom stereocenters. The van der Waals surface area contributed by atoms with Gasteiger partial charge in [0.2, 0.25) is 0 Å². The molecule has 0 aliphatic rings. The van der Waals surface area contributed by atoms with Gasteiger partial charge < -0.3 is 10.1 Å². The molecule has 94 valence electrons. The Kier molecular flexibility index (Phi) is 5.51. The average Bonchev–Trinajstić information content (AvgIpc) is 2.38. The predicted molar refractivity (Wildman–Crippen MR) is 72.1 cm³/mol. The molecule has 0 heterocycles. The van der Waals surface area contributed by atoms with Crippen molar-refractivity contribution < 1.29 is 9.53 Å². The van der Waals surface area contributed by atoms with Crippen LogP contribution >= 0.6 is 11.8 Å². The summed E-state index contributed by atoms with van der Waals surface area (Å²) in [5.74, 6) is 1.36. The van der Waals surface area contributed by atoms with Crippen LogP contribution in [-0.4, -0.2) is 31.4 Å². The average molecular weight is 253 g/mol. The molecule has 1 atom stereocenters. The monoisotopic (exact) mass is 253 g/mol. The molecule has 1 aromatic carbocycles. The number of hydrogen-bond acceptors (Lipinski definition) is 4. The molecule has 0 radical (unpaired) electrons. The molecular weight excluding hydrogens is 234 g/mol. The number of carbonyl (C=O) groups is 1. The molecule has 1 aromatic rings. The first-order valence-corrected chi connectivity index (χ1v) is 6.67. The largest absolute Gasteiger partial charge is 0.468 e. The van der Waals surface area contributed by atoms with Crippen molar-refractivity contribution in [2.45, 2.75) is 18.2 Å². The Labute approximate surface area is 107 Å². The Bertz CT molecular complexity index is 356. The molecule has 0 amide bonds. The van der Waals surface area contributed by atoms with Crippen molar-refractivity contribution in [2.24, 2.45) is 0 Å². The summed E-state index contributed by atoms with van der Waals surface area (Å²) in [6.07, 6.45) is 0. The van der Waals surface area contributed by atoms with Gasteiger partial charge in [0.15, 0.2) is 0 Å². The van der Waals surface area contributed by atoms with Gasteiger partial charge in [0, 0.05) is 11.5 Å². The summed E-state index contributed by atoms with van der Waals surface area (Å²) in [7, 11) is 3.19. The van der Waals surface area contributed by atoms with Crippen LogP contribution in [0, 0.1) is 0 Å². The van der Waals surface area contributed by atoms with E-state index in [0.29, 0.717) is 5.75 Å². The highest BCUT2D eigenvalue weighted by Gasteiger charge is 2.32. The Morgan fingerprint density at radius 1 is 1.41 bits per heavy atom. The number of likely N-dealkylation sites (N-methyl/N-ethyl adjacent to an activating group) is 1. The lowest BCUT2D eigenvalue weighted by molar-refractivity contribution is -0.146. The van der Waals surface area contributed by atoms with E-state index < -0.39 is 5.54 Å². The predicted octanol–water partition coefficient (Wildman–Crippen LogP) is 2.07. The summed E-state index contributed by atoms with van der Waals surface area (Å²) in [5.41, 5.74) is 0.648. The van der Waals surface area contributed by atoms with Gasteiger partial charge in [0.25, 0.3) is 0 Å². The molecule has 0 aliphatic heterocycles. The van der Waals surface area contributed by atoms with Crippen LogP contribution in [0.15, 0.2) is 30.3 Å². The molecule has 1 N–H and O–H groups in total. The van der Waals surface area contributed by atoms with Crippen molar-refractivity contribution in [3.63, 3.8) is 0 Å². The van der Waals surface area contributed by atoms with Crippen molar-refractivity contribution in [2.75, 3.05) is 19.9 Å². The normalized spacial score (nSPS) is 14.1. The summed E-state index contributed by atoms with van der Waals surface area (Å²) < 4.78 is 4.79. The van der Waals surface area contributed by atoms with E-state index >= 15 is 0 Å². The first-order chi connectivity index (χ1) is 8.12. The van der Waals surface area contributed by atoms with Crippen LogP contribution in [0.5, 0.6) is 0 Å². The zero-order chi connectivity index (χ0) is 12.7. The zero-order valence-corrected chi connectivity index (χ0v) is 11.3. The maximum Gasteiger partial charge on any atom is 0.326 e. The molecule has 0 saturated heterocycles. The molecule has 0 spiro atoms. The van der Waals surface area contributed by atoms with Gasteiger partial charge in [-0.2, -0.15) is 11.8 Å².